The number of hydrogen-bond acceptors (Lipinski definition) is 3. The highest BCUT2D eigenvalue weighted by atomic mass is 16.5. The van der Waals surface area contributed by atoms with Gasteiger partial charge in [-0.05, 0) is 42.5 Å². The summed E-state index contributed by atoms with van der Waals surface area (Å²) in [5.74, 6) is 0.874. The lowest BCUT2D eigenvalue weighted by Gasteiger charge is -2.36. The number of rotatable bonds is 2. The lowest BCUT2D eigenvalue weighted by molar-refractivity contribution is -0.963. The highest BCUT2D eigenvalue weighted by Gasteiger charge is 2.34. The van der Waals surface area contributed by atoms with Gasteiger partial charge < -0.3 is 9.15 Å². The first-order valence-electron chi connectivity index (χ1n) is 11.4. The second-order valence-electron chi connectivity index (χ2n) is 8.98. The molecule has 4 aromatic rings. The SMILES string of the molecule is Cc1c2c(cc3c(-c4ccccc4)cc(=O)oc13)C[NH+]([C@@H]1CCCc3ccccc31)CO2. The Labute approximate surface area is 187 Å². The first kappa shape index (κ1) is 19.3. The Morgan fingerprint density at radius 1 is 0.969 bits per heavy atom. The fourth-order valence-corrected chi connectivity index (χ4v) is 5.56. The standard InChI is InChI=1S/C28H25NO3/c1-18-27-21(14-24-23(15-26(30)32-28(18)24)20-8-3-2-4-9-20)16-29(17-31-27)25-13-7-11-19-10-5-6-12-22(19)25/h2-6,8-10,12,14-15,25H,7,11,13,16-17H2,1H3/p+1/t25-/m1/s1. The average Bonchev–Trinajstić information content (AvgIpc) is 2.84. The lowest BCUT2D eigenvalue weighted by Crippen LogP contribution is -3.12. The molecular formula is C28H26NO3+. The Balaban J connectivity index is 1.46. The van der Waals surface area contributed by atoms with Crippen LogP contribution in [0.2, 0.25) is 0 Å². The fraction of sp³-hybridized carbons (Fsp3) is 0.250. The van der Waals surface area contributed by atoms with Crippen LogP contribution in [-0.4, -0.2) is 6.73 Å². The minimum absolute atomic E-state index is 0.332. The maximum Gasteiger partial charge on any atom is 0.336 e. The average molecular weight is 425 g/mol. The van der Waals surface area contributed by atoms with E-state index < -0.39 is 0 Å². The van der Waals surface area contributed by atoms with E-state index in [9.17, 15) is 4.79 Å². The number of fused-ring (bicyclic) bond motifs is 3. The van der Waals surface area contributed by atoms with Crippen LogP contribution in [-0.2, 0) is 13.0 Å². The summed E-state index contributed by atoms with van der Waals surface area (Å²) in [6.45, 7) is 3.53. The van der Waals surface area contributed by atoms with E-state index in [4.69, 9.17) is 9.15 Å². The summed E-state index contributed by atoms with van der Waals surface area (Å²) in [4.78, 5) is 13.8. The van der Waals surface area contributed by atoms with Crippen LogP contribution >= 0.6 is 0 Å². The molecule has 6 rings (SSSR count). The van der Waals surface area contributed by atoms with Gasteiger partial charge in [-0.25, -0.2) is 4.79 Å². The molecule has 1 aliphatic carbocycles. The molecule has 4 heteroatoms. The second kappa shape index (κ2) is 7.64. The Morgan fingerprint density at radius 3 is 2.66 bits per heavy atom. The van der Waals surface area contributed by atoms with Gasteiger partial charge >= 0.3 is 5.63 Å². The van der Waals surface area contributed by atoms with Crippen LogP contribution in [0.15, 0.2) is 75.9 Å². The third-order valence-corrected chi connectivity index (χ3v) is 7.06. The topological polar surface area (TPSA) is 43.9 Å². The number of hydrogen-bond donors (Lipinski definition) is 1. The molecule has 160 valence electrons. The first-order valence-corrected chi connectivity index (χ1v) is 11.4. The van der Waals surface area contributed by atoms with E-state index in [1.165, 1.54) is 40.9 Å². The normalized spacial score (nSPS) is 19.8. The fourth-order valence-electron chi connectivity index (χ4n) is 5.56. The van der Waals surface area contributed by atoms with Crippen molar-refractivity contribution in [3.05, 3.63) is 99.4 Å². The molecule has 3 aromatic carbocycles. The molecule has 0 saturated heterocycles. The largest absolute Gasteiger partial charge is 0.444 e. The highest BCUT2D eigenvalue weighted by molar-refractivity contribution is 5.96. The lowest BCUT2D eigenvalue weighted by atomic mass is 9.86. The number of ether oxygens (including phenoxy) is 1. The van der Waals surface area contributed by atoms with Crippen LogP contribution in [0.4, 0.5) is 0 Å². The van der Waals surface area contributed by atoms with Crippen molar-refractivity contribution in [1.29, 1.82) is 0 Å². The Morgan fingerprint density at radius 2 is 1.78 bits per heavy atom. The minimum Gasteiger partial charge on any atom is -0.444 e. The predicted molar refractivity (Wildman–Crippen MR) is 125 cm³/mol. The maximum atomic E-state index is 12.4. The van der Waals surface area contributed by atoms with Crippen molar-refractivity contribution in [2.75, 3.05) is 6.73 Å². The molecule has 0 spiro atoms. The zero-order chi connectivity index (χ0) is 21.7. The van der Waals surface area contributed by atoms with Crippen LogP contribution in [0, 0.1) is 6.92 Å². The molecule has 0 radical (unpaired) electrons. The summed E-state index contributed by atoms with van der Waals surface area (Å²) in [5, 5.41) is 0.973. The molecule has 0 saturated carbocycles. The van der Waals surface area contributed by atoms with Gasteiger partial charge in [-0.15, -0.1) is 0 Å². The van der Waals surface area contributed by atoms with Crippen LogP contribution in [0.1, 0.15) is 41.1 Å². The van der Waals surface area contributed by atoms with Gasteiger partial charge in [0.15, 0.2) is 0 Å². The Kier molecular flexibility index (Phi) is 4.62. The van der Waals surface area contributed by atoms with Gasteiger partial charge in [-0.3, -0.25) is 4.90 Å². The summed E-state index contributed by atoms with van der Waals surface area (Å²) in [5.41, 5.74) is 7.27. The molecule has 1 N–H and O–H groups in total. The number of quaternary nitrogens is 1. The van der Waals surface area contributed by atoms with Crippen LogP contribution in [0.5, 0.6) is 5.75 Å². The molecule has 32 heavy (non-hydrogen) atoms. The summed E-state index contributed by atoms with van der Waals surface area (Å²) in [7, 11) is 0. The zero-order valence-electron chi connectivity index (χ0n) is 18.2. The van der Waals surface area contributed by atoms with E-state index in [2.05, 4.69) is 30.3 Å². The van der Waals surface area contributed by atoms with Crippen molar-refractivity contribution in [1.82, 2.24) is 0 Å². The second-order valence-corrected chi connectivity index (χ2v) is 8.98. The molecular weight excluding hydrogens is 398 g/mol. The number of benzene rings is 3. The van der Waals surface area contributed by atoms with Crippen molar-refractivity contribution >= 4 is 11.0 Å². The van der Waals surface area contributed by atoms with E-state index in [1.807, 2.05) is 37.3 Å². The molecule has 0 bridgehead atoms. The van der Waals surface area contributed by atoms with Gasteiger partial charge in [0, 0.05) is 34.6 Å². The van der Waals surface area contributed by atoms with Gasteiger partial charge in [0.2, 0.25) is 6.73 Å². The third kappa shape index (κ3) is 3.14. The molecule has 1 aliphatic heterocycles. The van der Waals surface area contributed by atoms with Crippen molar-refractivity contribution < 1.29 is 14.1 Å². The summed E-state index contributed by atoms with van der Waals surface area (Å²) < 4.78 is 12.0. The first-order chi connectivity index (χ1) is 15.7. The van der Waals surface area contributed by atoms with Crippen molar-refractivity contribution in [2.45, 2.75) is 38.8 Å². The van der Waals surface area contributed by atoms with E-state index >= 15 is 0 Å². The Hall–Kier alpha value is -3.37. The molecule has 4 nitrogen and oxygen atoms in total. The van der Waals surface area contributed by atoms with Crippen molar-refractivity contribution in [3.8, 4) is 16.9 Å². The quantitative estimate of drug-likeness (QED) is 0.479. The van der Waals surface area contributed by atoms with E-state index in [0.29, 0.717) is 18.4 Å². The molecule has 2 aliphatic rings. The van der Waals surface area contributed by atoms with E-state index in [-0.39, 0.29) is 5.63 Å². The molecule has 2 atom stereocenters. The molecule has 2 heterocycles. The highest BCUT2D eigenvalue weighted by Crippen LogP contribution is 2.37. The zero-order valence-corrected chi connectivity index (χ0v) is 18.2. The monoisotopic (exact) mass is 424 g/mol. The van der Waals surface area contributed by atoms with Gasteiger partial charge in [0.25, 0.3) is 0 Å². The van der Waals surface area contributed by atoms with E-state index in [1.54, 1.807) is 6.07 Å². The minimum atomic E-state index is -0.332. The van der Waals surface area contributed by atoms with E-state index in [0.717, 1.165) is 34.4 Å². The summed E-state index contributed by atoms with van der Waals surface area (Å²) >= 11 is 0. The Bertz CT molecular complexity index is 1370. The molecule has 1 unspecified atom stereocenters. The van der Waals surface area contributed by atoms with Crippen LogP contribution < -0.4 is 15.3 Å². The van der Waals surface area contributed by atoms with Crippen LogP contribution in [0.3, 0.4) is 0 Å². The maximum absolute atomic E-state index is 12.4. The number of nitrogens with one attached hydrogen (secondary N) is 1. The molecule has 0 fully saturated rings. The third-order valence-electron chi connectivity index (χ3n) is 7.06. The van der Waals surface area contributed by atoms with Crippen molar-refractivity contribution in [3.63, 3.8) is 0 Å². The summed E-state index contributed by atoms with van der Waals surface area (Å²) in [6, 6.07) is 23.1. The predicted octanol–water partition coefficient (Wildman–Crippen LogP) is 4.58. The molecule has 1 aromatic heterocycles. The summed E-state index contributed by atoms with van der Waals surface area (Å²) in [6.07, 6.45) is 3.57. The molecule has 0 amide bonds. The van der Waals surface area contributed by atoms with Gasteiger partial charge in [0.05, 0.1) is 0 Å². The van der Waals surface area contributed by atoms with Gasteiger partial charge in [-0.1, -0.05) is 54.6 Å². The smallest absolute Gasteiger partial charge is 0.336 e. The van der Waals surface area contributed by atoms with Gasteiger partial charge in [-0.2, -0.15) is 0 Å². The van der Waals surface area contributed by atoms with Crippen LogP contribution in [0.25, 0.3) is 22.1 Å². The number of aryl methyl sites for hydroxylation is 2. The van der Waals surface area contributed by atoms with Crippen molar-refractivity contribution in [2.24, 2.45) is 0 Å². The van der Waals surface area contributed by atoms with Gasteiger partial charge in [0.1, 0.15) is 23.9 Å².